The summed E-state index contributed by atoms with van der Waals surface area (Å²) in [7, 11) is 0. The van der Waals surface area contributed by atoms with Crippen LogP contribution in [0.2, 0.25) is 0 Å². The van der Waals surface area contributed by atoms with Crippen molar-refractivity contribution in [3.8, 4) is 0 Å². The number of rotatable bonds is 4. The van der Waals surface area contributed by atoms with Gasteiger partial charge in [0.05, 0.1) is 0 Å². The average molecular weight is 288 g/mol. The van der Waals surface area contributed by atoms with Crippen LogP contribution in [0.15, 0.2) is 24.3 Å². The van der Waals surface area contributed by atoms with Crippen LogP contribution in [0.4, 0.5) is 5.69 Å². The van der Waals surface area contributed by atoms with Gasteiger partial charge in [0.1, 0.15) is 0 Å². The maximum atomic E-state index is 3.70. The lowest BCUT2D eigenvalue weighted by Crippen LogP contribution is -2.48. The maximum absolute atomic E-state index is 3.70. The van der Waals surface area contributed by atoms with Gasteiger partial charge in [0.15, 0.2) is 0 Å². The molecule has 1 fully saturated rings. The predicted molar refractivity (Wildman–Crippen MR) is 93.2 cm³/mol. The third-order valence-electron chi connectivity index (χ3n) is 4.66. The van der Waals surface area contributed by atoms with Gasteiger partial charge in [-0.3, -0.25) is 0 Å². The van der Waals surface area contributed by atoms with E-state index in [1.165, 1.54) is 30.6 Å². The molecule has 0 bridgehead atoms. The first kappa shape index (κ1) is 16.4. The van der Waals surface area contributed by atoms with Gasteiger partial charge >= 0.3 is 0 Å². The minimum Gasteiger partial charge on any atom is -0.371 e. The Morgan fingerprint density at radius 2 is 1.86 bits per heavy atom. The van der Waals surface area contributed by atoms with Gasteiger partial charge in [-0.25, -0.2) is 0 Å². The van der Waals surface area contributed by atoms with Crippen molar-refractivity contribution in [2.75, 3.05) is 24.5 Å². The summed E-state index contributed by atoms with van der Waals surface area (Å²) in [4.78, 5) is 2.54. The van der Waals surface area contributed by atoms with Crippen molar-refractivity contribution in [3.63, 3.8) is 0 Å². The molecule has 1 saturated heterocycles. The number of nitrogens with one attached hydrogen (secondary N) is 1. The van der Waals surface area contributed by atoms with E-state index in [0.717, 1.165) is 13.1 Å². The summed E-state index contributed by atoms with van der Waals surface area (Å²) in [6.45, 7) is 14.9. The second kappa shape index (κ2) is 6.83. The molecule has 1 N–H and O–H groups in total. The minimum atomic E-state index is 0.239. The molecule has 1 aromatic carbocycles. The fourth-order valence-corrected chi connectivity index (χ4v) is 3.19. The third-order valence-corrected chi connectivity index (χ3v) is 4.66. The molecule has 0 aromatic heterocycles. The van der Waals surface area contributed by atoms with E-state index in [2.05, 4.69) is 69.1 Å². The Labute approximate surface area is 130 Å². The Morgan fingerprint density at radius 3 is 2.38 bits per heavy atom. The Kier molecular flexibility index (Phi) is 5.32. The van der Waals surface area contributed by atoms with Gasteiger partial charge in [0.25, 0.3) is 0 Å². The molecule has 21 heavy (non-hydrogen) atoms. The number of benzene rings is 1. The zero-order chi connectivity index (χ0) is 15.5. The van der Waals surface area contributed by atoms with E-state index in [1.807, 2.05) is 0 Å². The Balaban J connectivity index is 1.98. The first-order valence-corrected chi connectivity index (χ1v) is 8.50. The predicted octanol–water partition coefficient (Wildman–Crippen LogP) is 4.20. The molecular weight excluding hydrogens is 256 g/mol. The number of hydrogen-bond donors (Lipinski definition) is 1. The van der Waals surface area contributed by atoms with Crippen LogP contribution in [0.5, 0.6) is 0 Å². The Morgan fingerprint density at radius 1 is 1.19 bits per heavy atom. The summed E-state index contributed by atoms with van der Waals surface area (Å²) in [6.07, 6.45) is 2.48. The molecule has 2 nitrogen and oxygen atoms in total. The molecule has 1 aliphatic heterocycles. The van der Waals surface area contributed by atoms with Crippen LogP contribution in [0.25, 0.3) is 0 Å². The monoisotopic (exact) mass is 288 g/mol. The highest BCUT2D eigenvalue weighted by atomic mass is 15.2. The first-order valence-electron chi connectivity index (χ1n) is 8.50. The highest BCUT2D eigenvalue weighted by Gasteiger charge is 2.25. The van der Waals surface area contributed by atoms with Crippen LogP contribution in [-0.2, 0) is 5.41 Å². The summed E-state index contributed by atoms with van der Waals surface area (Å²) in [5.41, 5.74) is 3.03. The molecular formula is C19H32N2. The van der Waals surface area contributed by atoms with Crippen molar-refractivity contribution < 1.29 is 0 Å². The largest absolute Gasteiger partial charge is 0.371 e. The average Bonchev–Trinajstić information content (AvgIpc) is 2.45. The van der Waals surface area contributed by atoms with E-state index in [0.29, 0.717) is 12.0 Å². The second-order valence-electron chi connectivity index (χ2n) is 7.57. The van der Waals surface area contributed by atoms with Gasteiger partial charge in [-0.15, -0.1) is 0 Å². The number of anilines is 1. The summed E-state index contributed by atoms with van der Waals surface area (Å²) in [5, 5.41) is 3.70. The molecule has 0 radical (unpaired) electrons. The molecule has 2 atom stereocenters. The van der Waals surface area contributed by atoms with E-state index < -0.39 is 0 Å². The van der Waals surface area contributed by atoms with E-state index in [1.54, 1.807) is 0 Å². The Bertz CT molecular complexity index is 430. The molecule has 2 heteroatoms. The van der Waals surface area contributed by atoms with E-state index in [-0.39, 0.29) is 5.41 Å². The van der Waals surface area contributed by atoms with E-state index in [4.69, 9.17) is 0 Å². The smallest absolute Gasteiger partial charge is 0.0366 e. The topological polar surface area (TPSA) is 15.3 Å². The minimum absolute atomic E-state index is 0.239. The van der Waals surface area contributed by atoms with Crippen LogP contribution in [0.3, 0.4) is 0 Å². The molecule has 2 rings (SSSR count). The van der Waals surface area contributed by atoms with Crippen LogP contribution >= 0.6 is 0 Å². The molecule has 0 aliphatic carbocycles. The van der Waals surface area contributed by atoms with E-state index in [9.17, 15) is 0 Å². The fourth-order valence-electron chi connectivity index (χ4n) is 3.19. The third kappa shape index (κ3) is 4.23. The van der Waals surface area contributed by atoms with Gasteiger partial charge in [-0.05, 0) is 48.4 Å². The number of hydrogen-bond acceptors (Lipinski definition) is 2. The van der Waals surface area contributed by atoms with Crippen LogP contribution < -0.4 is 10.2 Å². The zero-order valence-corrected chi connectivity index (χ0v) is 14.4. The summed E-state index contributed by atoms with van der Waals surface area (Å²) < 4.78 is 0. The molecule has 1 aromatic rings. The molecule has 1 aliphatic rings. The van der Waals surface area contributed by atoms with Gasteiger partial charge in [0.2, 0.25) is 0 Å². The lowest BCUT2D eigenvalue weighted by Gasteiger charge is -2.39. The van der Waals surface area contributed by atoms with Gasteiger partial charge in [-0.1, -0.05) is 46.8 Å². The number of piperidine rings is 1. The van der Waals surface area contributed by atoms with Crippen molar-refractivity contribution in [1.82, 2.24) is 5.32 Å². The second-order valence-corrected chi connectivity index (χ2v) is 7.57. The van der Waals surface area contributed by atoms with Crippen LogP contribution in [0, 0.1) is 5.92 Å². The lowest BCUT2D eigenvalue weighted by atomic mass is 9.87. The van der Waals surface area contributed by atoms with Gasteiger partial charge < -0.3 is 10.2 Å². The van der Waals surface area contributed by atoms with Crippen molar-refractivity contribution in [2.45, 2.75) is 58.9 Å². The van der Waals surface area contributed by atoms with Crippen molar-refractivity contribution in [2.24, 2.45) is 5.92 Å². The molecule has 118 valence electrons. The molecule has 2 unspecified atom stereocenters. The Hall–Kier alpha value is -1.02. The van der Waals surface area contributed by atoms with E-state index >= 15 is 0 Å². The summed E-state index contributed by atoms with van der Waals surface area (Å²) in [5.74, 6) is 0.715. The van der Waals surface area contributed by atoms with Crippen molar-refractivity contribution in [1.29, 1.82) is 0 Å². The summed E-state index contributed by atoms with van der Waals surface area (Å²) in [6, 6.07) is 9.87. The standard InChI is InChI=1S/C19H32N2/c1-6-12-20-18-11-13-21(14-15(18)2)17-9-7-16(8-10-17)19(3,4)5/h7-10,15,18,20H,6,11-14H2,1-5H3. The van der Waals surface area contributed by atoms with Crippen LogP contribution in [0.1, 0.15) is 53.0 Å². The van der Waals surface area contributed by atoms with Crippen LogP contribution in [-0.4, -0.2) is 25.7 Å². The maximum Gasteiger partial charge on any atom is 0.0366 e. The lowest BCUT2D eigenvalue weighted by molar-refractivity contribution is 0.322. The number of nitrogens with zero attached hydrogens (tertiary/aromatic N) is 1. The molecule has 0 saturated carbocycles. The molecule has 0 amide bonds. The van der Waals surface area contributed by atoms with Crippen molar-refractivity contribution >= 4 is 5.69 Å². The molecule has 1 heterocycles. The fraction of sp³-hybridized carbons (Fsp3) is 0.684. The quantitative estimate of drug-likeness (QED) is 0.893. The summed E-state index contributed by atoms with van der Waals surface area (Å²) >= 11 is 0. The van der Waals surface area contributed by atoms with Crippen molar-refractivity contribution in [3.05, 3.63) is 29.8 Å². The SMILES string of the molecule is CCCNC1CCN(c2ccc(C(C)(C)C)cc2)CC1C. The van der Waals surface area contributed by atoms with Gasteiger partial charge in [0, 0.05) is 24.8 Å². The first-order chi connectivity index (χ1) is 9.91. The highest BCUT2D eigenvalue weighted by molar-refractivity contribution is 5.49. The zero-order valence-electron chi connectivity index (χ0n) is 14.4. The molecule has 0 spiro atoms. The highest BCUT2D eigenvalue weighted by Crippen LogP contribution is 2.27. The van der Waals surface area contributed by atoms with Gasteiger partial charge in [-0.2, -0.15) is 0 Å². The normalized spacial score (nSPS) is 23.4.